The third-order valence-corrected chi connectivity index (χ3v) is 5.67. The van der Waals surface area contributed by atoms with E-state index in [0.717, 1.165) is 39.4 Å². The molecule has 0 amide bonds. The van der Waals surface area contributed by atoms with E-state index in [9.17, 15) is 0 Å². The molecule has 0 aromatic carbocycles. The lowest BCUT2D eigenvalue weighted by Crippen LogP contribution is -1.96. The first-order chi connectivity index (χ1) is 13.4. The number of anilines is 1. The predicted octanol–water partition coefficient (Wildman–Crippen LogP) is 3.91. The van der Waals surface area contributed by atoms with Crippen molar-refractivity contribution in [2.24, 2.45) is 0 Å². The lowest BCUT2D eigenvalue weighted by Gasteiger charge is -1.97. The minimum Gasteiger partial charge on any atom is -0.467 e. The van der Waals surface area contributed by atoms with E-state index in [0.29, 0.717) is 18.3 Å². The molecule has 0 radical (unpaired) electrons. The summed E-state index contributed by atoms with van der Waals surface area (Å²) >= 11 is 3.20. The van der Waals surface area contributed by atoms with Gasteiger partial charge in [-0.15, -0.1) is 10.2 Å². The molecule has 0 spiro atoms. The number of aryl methyl sites for hydroxylation is 1. The van der Waals surface area contributed by atoms with E-state index in [4.69, 9.17) is 8.94 Å². The fraction of sp³-hybridized carbons (Fsp3) is 0.235. The average Bonchev–Trinajstić information content (AvgIpc) is 3.46. The van der Waals surface area contributed by atoms with Crippen LogP contribution in [0.4, 0.5) is 5.13 Å². The Hall–Kier alpha value is -2.72. The van der Waals surface area contributed by atoms with Crippen molar-refractivity contribution in [3.05, 3.63) is 54.6 Å². The normalized spacial score (nSPS) is 11.0. The van der Waals surface area contributed by atoms with Crippen molar-refractivity contribution in [1.82, 2.24) is 25.3 Å². The first-order valence-corrected chi connectivity index (χ1v) is 10.1. The fourth-order valence-corrected chi connectivity index (χ4v) is 4.03. The van der Waals surface area contributed by atoms with Crippen LogP contribution in [-0.2, 0) is 13.0 Å². The SMILES string of the molecule is c1coc(CNc2nnc(SCCCc3nc(-c4ccncc4)no3)s2)c1. The van der Waals surface area contributed by atoms with Gasteiger partial charge in [0, 0.05) is 30.1 Å². The van der Waals surface area contributed by atoms with Gasteiger partial charge in [-0.05, 0) is 30.7 Å². The van der Waals surface area contributed by atoms with Crippen molar-refractivity contribution in [3.63, 3.8) is 0 Å². The van der Waals surface area contributed by atoms with Gasteiger partial charge in [-0.3, -0.25) is 4.98 Å². The van der Waals surface area contributed by atoms with E-state index < -0.39 is 0 Å². The van der Waals surface area contributed by atoms with E-state index in [1.807, 2.05) is 24.3 Å². The molecule has 138 valence electrons. The number of hydrogen-bond donors (Lipinski definition) is 1. The van der Waals surface area contributed by atoms with E-state index in [2.05, 4.69) is 30.6 Å². The number of furan rings is 1. The van der Waals surface area contributed by atoms with Gasteiger partial charge in [-0.1, -0.05) is 28.3 Å². The molecule has 4 aromatic rings. The molecule has 0 aliphatic carbocycles. The van der Waals surface area contributed by atoms with E-state index in [1.165, 1.54) is 11.3 Å². The van der Waals surface area contributed by atoms with Crippen LogP contribution in [0.25, 0.3) is 11.4 Å². The molecular weight excluding hydrogens is 384 g/mol. The number of hydrogen-bond acceptors (Lipinski definition) is 10. The molecule has 0 unspecified atom stereocenters. The summed E-state index contributed by atoms with van der Waals surface area (Å²) in [5, 5.41) is 16.3. The van der Waals surface area contributed by atoms with Gasteiger partial charge in [0.2, 0.25) is 16.8 Å². The number of thioether (sulfide) groups is 1. The van der Waals surface area contributed by atoms with Crippen molar-refractivity contribution in [2.45, 2.75) is 23.7 Å². The summed E-state index contributed by atoms with van der Waals surface area (Å²) in [4.78, 5) is 8.40. The second-order valence-corrected chi connectivity index (χ2v) is 7.83. The van der Waals surface area contributed by atoms with Crippen molar-refractivity contribution in [3.8, 4) is 11.4 Å². The van der Waals surface area contributed by atoms with Crippen LogP contribution in [0.3, 0.4) is 0 Å². The zero-order chi connectivity index (χ0) is 18.3. The van der Waals surface area contributed by atoms with Crippen LogP contribution < -0.4 is 5.32 Å². The van der Waals surface area contributed by atoms with Gasteiger partial charge >= 0.3 is 0 Å². The Bertz CT molecular complexity index is 955. The molecular formula is C17H16N6O2S2. The molecule has 27 heavy (non-hydrogen) atoms. The number of rotatable bonds is 9. The van der Waals surface area contributed by atoms with Crippen LogP contribution >= 0.6 is 23.1 Å². The first kappa shape index (κ1) is 17.7. The van der Waals surface area contributed by atoms with Crippen molar-refractivity contribution in [1.29, 1.82) is 0 Å². The molecule has 0 saturated carbocycles. The minimum atomic E-state index is 0.594. The Balaban J connectivity index is 1.20. The van der Waals surface area contributed by atoms with Gasteiger partial charge in [0.15, 0.2) is 4.34 Å². The maximum Gasteiger partial charge on any atom is 0.226 e. The van der Waals surface area contributed by atoms with Gasteiger partial charge in [0.05, 0.1) is 12.8 Å². The van der Waals surface area contributed by atoms with Gasteiger partial charge < -0.3 is 14.3 Å². The summed E-state index contributed by atoms with van der Waals surface area (Å²) in [6.07, 6.45) is 6.72. The lowest BCUT2D eigenvalue weighted by molar-refractivity contribution is 0.378. The van der Waals surface area contributed by atoms with E-state index >= 15 is 0 Å². The molecule has 4 aromatic heterocycles. The summed E-state index contributed by atoms with van der Waals surface area (Å²) in [5.74, 6) is 3.00. The molecule has 4 rings (SSSR count). The van der Waals surface area contributed by atoms with Crippen LogP contribution in [0.2, 0.25) is 0 Å². The smallest absolute Gasteiger partial charge is 0.226 e. The highest BCUT2D eigenvalue weighted by atomic mass is 32.2. The van der Waals surface area contributed by atoms with Crippen LogP contribution in [0.15, 0.2) is 56.2 Å². The highest BCUT2D eigenvalue weighted by Gasteiger charge is 2.09. The summed E-state index contributed by atoms with van der Waals surface area (Å²) in [6.45, 7) is 0.600. The van der Waals surface area contributed by atoms with Crippen LogP contribution in [0, 0.1) is 0 Å². The Kier molecular flexibility index (Phi) is 5.75. The summed E-state index contributed by atoms with van der Waals surface area (Å²) in [7, 11) is 0. The molecule has 8 nitrogen and oxygen atoms in total. The van der Waals surface area contributed by atoms with Crippen LogP contribution in [-0.4, -0.2) is 31.1 Å². The second kappa shape index (κ2) is 8.78. The van der Waals surface area contributed by atoms with Crippen LogP contribution in [0.1, 0.15) is 18.1 Å². The maximum absolute atomic E-state index is 5.31. The standard InChI is InChI=1S/C17H16N6O2S2/c1-3-13(24-9-1)11-19-16-21-22-17(27-16)26-10-2-4-14-20-15(23-25-14)12-5-7-18-8-6-12/h1,3,5-9H,2,4,10-11H2,(H,19,21). The molecule has 4 heterocycles. The molecule has 0 fully saturated rings. The zero-order valence-corrected chi connectivity index (χ0v) is 15.9. The summed E-state index contributed by atoms with van der Waals surface area (Å²) in [5.41, 5.74) is 0.901. The van der Waals surface area contributed by atoms with Gasteiger partial charge in [-0.2, -0.15) is 4.98 Å². The largest absolute Gasteiger partial charge is 0.467 e. The quantitative estimate of drug-likeness (QED) is 0.331. The van der Waals surface area contributed by atoms with Crippen molar-refractivity contribution < 1.29 is 8.94 Å². The molecule has 1 N–H and O–H groups in total. The van der Waals surface area contributed by atoms with Gasteiger partial charge in [-0.25, -0.2) is 0 Å². The number of pyridine rings is 1. The highest BCUT2D eigenvalue weighted by Crippen LogP contribution is 2.26. The minimum absolute atomic E-state index is 0.594. The average molecular weight is 400 g/mol. The van der Waals surface area contributed by atoms with Crippen molar-refractivity contribution in [2.75, 3.05) is 11.1 Å². The summed E-state index contributed by atoms with van der Waals surface area (Å²) < 4.78 is 11.5. The molecule has 0 atom stereocenters. The van der Waals surface area contributed by atoms with Gasteiger partial charge in [0.25, 0.3) is 0 Å². The third kappa shape index (κ3) is 4.92. The Morgan fingerprint density at radius 3 is 2.93 bits per heavy atom. The molecule has 0 aliphatic heterocycles. The molecule has 10 heteroatoms. The molecule has 0 saturated heterocycles. The fourth-order valence-electron chi connectivity index (χ4n) is 2.27. The molecule has 0 bridgehead atoms. The maximum atomic E-state index is 5.31. The summed E-state index contributed by atoms with van der Waals surface area (Å²) in [6, 6.07) is 7.50. The Morgan fingerprint density at radius 2 is 2.07 bits per heavy atom. The van der Waals surface area contributed by atoms with E-state index in [1.54, 1.807) is 30.4 Å². The topological polar surface area (TPSA) is 103 Å². The first-order valence-electron chi connectivity index (χ1n) is 8.32. The Morgan fingerprint density at radius 1 is 1.15 bits per heavy atom. The Labute approximate surface area is 163 Å². The molecule has 0 aliphatic rings. The number of aromatic nitrogens is 5. The zero-order valence-electron chi connectivity index (χ0n) is 14.2. The van der Waals surface area contributed by atoms with Crippen molar-refractivity contribution >= 4 is 28.2 Å². The van der Waals surface area contributed by atoms with E-state index in [-0.39, 0.29) is 0 Å². The third-order valence-electron chi connectivity index (χ3n) is 3.57. The number of nitrogens with one attached hydrogen (secondary N) is 1. The van der Waals surface area contributed by atoms with Crippen LogP contribution in [0.5, 0.6) is 0 Å². The second-order valence-electron chi connectivity index (χ2n) is 5.51. The number of nitrogens with zero attached hydrogens (tertiary/aromatic N) is 5. The lowest BCUT2D eigenvalue weighted by atomic mass is 10.2. The monoisotopic (exact) mass is 400 g/mol. The predicted molar refractivity (Wildman–Crippen MR) is 103 cm³/mol. The van der Waals surface area contributed by atoms with Gasteiger partial charge in [0.1, 0.15) is 5.76 Å². The highest BCUT2D eigenvalue weighted by molar-refractivity contribution is 8.01.